The summed E-state index contributed by atoms with van der Waals surface area (Å²) in [6.07, 6.45) is 0. The van der Waals surface area contributed by atoms with Crippen LogP contribution in [0.3, 0.4) is 0 Å². The Morgan fingerprint density at radius 1 is 1.00 bits per heavy atom. The fourth-order valence-electron chi connectivity index (χ4n) is 1.87. The standard InChI is InChI=1S/C16H17NO3/c18-16(19)12-20-15-9-5-4-8-14(15)11-17-10-13-6-2-1-3-7-13/h1-9,17H,10-12H2,(H,18,19). The third-order valence-corrected chi connectivity index (χ3v) is 2.81. The first kappa shape index (κ1) is 14.1. The quantitative estimate of drug-likeness (QED) is 0.812. The Balaban J connectivity index is 1.90. The van der Waals surface area contributed by atoms with Gasteiger partial charge in [-0.05, 0) is 11.6 Å². The van der Waals surface area contributed by atoms with Crippen LogP contribution in [0.1, 0.15) is 11.1 Å². The van der Waals surface area contributed by atoms with Crippen LogP contribution in [0.4, 0.5) is 0 Å². The fraction of sp³-hybridized carbons (Fsp3) is 0.188. The van der Waals surface area contributed by atoms with E-state index in [0.717, 1.165) is 12.1 Å². The molecule has 0 fully saturated rings. The second-order valence-electron chi connectivity index (χ2n) is 4.38. The minimum atomic E-state index is -0.975. The van der Waals surface area contributed by atoms with Gasteiger partial charge in [0.25, 0.3) is 0 Å². The summed E-state index contributed by atoms with van der Waals surface area (Å²) < 4.78 is 5.26. The molecule has 2 aromatic rings. The molecule has 20 heavy (non-hydrogen) atoms. The number of nitrogens with one attached hydrogen (secondary N) is 1. The van der Waals surface area contributed by atoms with E-state index in [4.69, 9.17) is 9.84 Å². The Labute approximate surface area is 118 Å². The van der Waals surface area contributed by atoms with Gasteiger partial charge in [0.05, 0.1) is 0 Å². The average molecular weight is 271 g/mol. The van der Waals surface area contributed by atoms with E-state index in [2.05, 4.69) is 17.4 Å². The molecule has 2 rings (SSSR count). The first-order valence-corrected chi connectivity index (χ1v) is 6.43. The number of rotatable bonds is 7. The molecule has 0 aliphatic carbocycles. The van der Waals surface area contributed by atoms with Gasteiger partial charge in [-0.3, -0.25) is 0 Å². The van der Waals surface area contributed by atoms with Gasteiger partial charge in [0.1, 0.15) is 5.75 Å². The van der Waals surface area contributed by atoms with Gasteiger partial charge in [0.15, 0.2) is 6.61 Å². The lowest BCUT2D eigenvalue weighted by atomic mass is 10.2. The van der Waals surface area contributed by atoms with E-state index in [-0.39, 0.29) is 6.61 Å². The molecule has 0 saturated carbocycles. The summed E-state index contributed by atoms with van der Waals surface area (Å²) in [6.45, 7) is 1.06. The van der Waals surface area contributed by atoms with Crippen molar-refractivity contribution in [2.75, 3.05) is 6.61 Å². The van der Waals surface area contributed by atoms with Gasteiger partial charge in [0, 0.05) is 18.7 Å². The van der Waals surface area contributed by atoms with Crippen LogP contribution < -0.4 is 10.1 Å². The third kappa shape index (κ3) is 4.40. The molecule has 0 heterocycles. The van der Waals surface area contributed by atoms with Crippen LogP contribution in [-0.2, 0) is 17.9 Å². The zero-order valence-corrected chi connectivity index (χ0v) is 11.1. The normalized spacial score (nSPS) is 10.2. The molecule has 0 bridgehead atoms. The van der Waals surface area contributed by atoms with Gasteiger partial charge in [-0.1, -0.05) is 48.5 Å². The molecule has 0 atom stereocenters. The topological polar surface area (TPSA) is 58.6 Å². The SMILES string of the molecule is O=C(O)COc1ccccc1CNCc1ccccc1. The lowest BCUT2D eigenvalue weighted by molar-refractivity contribution is -0.139. The van der Waals surface area contributed by atoms with Crippen molar-refractivity contribution in [3.63, 3.8) is 0 Å². The van der Waals surface area contributed by atoms with E-state index in [1.165, 1.54) is 5.56 Å². The highest BCUT2D eigenvalue weighted by Crippen LogP contribution is 2.17. The largest absolute Gasteiger partial charge is 0.482 e. The second kappa shape index (κ2) is 7.31. The van der Waals surface area contributed by atoms with Crippen LogP contribution in [0.2, 0.25) is 0 Å². The lowest BCUT2D eigenvalue weighted by Crippen LogP contribution is -2.15. The van der Waals surface area contributed by atoms with Crippen molar-refractivity contribution in [3.8, 4) is 5.75 Å². The maximum absolute atomic E-state index is 10.5. The first-order valence-electron chi connectivity index (χ1n) is 6.43. The van der Waals surface area contributed by atoms with Gasteiger partial charge in [-0.25, -0.2) is 4.79 Å². The number of ether oxygens (including phenoxy) is 1. The van der Waals surface area contributed by atoms with Gasteiger partial charge >= 0.3 is 5.97 Å². The Bertz CT molecular complexity index is 555. The molecule has 0 aromatic heterocycles. The smallest absolute Gasteiger partial charge is 0.341 e. The van der Waals surface area contributed by atoms with E-state index >= 15 is 0 Å². The highest BCUT2D eigenvalue weighted by molar-refractivity contribution is 5.68. The van der Waals surface area contributed by atoms with Crippen LogP contribution in [0.25, 0.3) is 0 Å². The molecule has 2 N–H and O–H groups in total. The van der Waals surface area contributed by atoms with Crippen molar-refractivity contribution in [1.82, 2.24) is 5.32 Å². The number of carboxylic acid groups (broad SMARTS) is 1. The zero-order valence-electron chi connectivity index (χ0n) is 11.1. The van der Waals surface area contributed by atoms with Crippen molar-refractivity contribution in [3.05, 3.63) is 65.7 Å². The minimum absolute atomic E-state index is 0.324. The number of carbonyl (C=O) groups is 1. The Morgan fingerprint density at radius 2 is 1.70 bits per heavy atom. The molecule has 0 unspecified atom stereocenters. The predicted molar refractivity (Wildman–Crippen MR) is 76.6 cm³/mol. The summed E-state index contributed by atoms with van der Waals surface area (Å²) >= 11 is 0. The summed E-state index contributed by atoms with van der Waals surface area (Å²) in [5.74, 6) is -0.368. The molecule has 2 aromatic carbocycles. The Morgan fingerprint density at radius 3 is 2.45 bits per heavy atom. The van der Waals surface area contributed by atoms with Crippen molar-refractivity contribution < 1.29 is 14.6 Å². The van der Waals surface area contributed by atoms with Crippen LogP contribution >= 0.6 is 0 Å². The predicted octanol–water partition coefficient (Wildman–Crippen LogP) is 2.44. The van der Waals surface area contributed by atoms with Gasteiger partial charge in [-0.2, -0.15) is 0 Å². The molecule has 4 nitrogen and oxygen atoms in total. The van der Waals surface area contributed by atoms with E-state index in [9.17, 15) is 4.79 Å². The molecule has 4 heteroatoms. The van der Waals surface area contributed by atoms with E-state index in [0.29, 0.717) is 12.3 Å². The van der Waals surface area contributed by atoms with Crippen molar-refractivity contribution >= 4 is 5.97 Å². The van der Waals surface area contributed by atoms with Crippen molar-refractivity contribution in [2.45, 2.75) is 13.1 Å². The summed E-state index contributed by atoms with van der Waals surface area (Å²) in [4.78, 5) is 10.5. The van der Waals surface area contributed by atoms with E-state index < -0.39 is 5.97 Å². The number of aliphatic carboxylic acids is 1. The number of para-hydroxylation sites is 1. The van der Waals surface area contributed by atoms with Crippen LogP contribution in [-0.4, -0.2) is 17.7 Å². The highest BCUT2D eigenvalue weighted by Gasteiger charge is 2.05. The molecule has 0 radical (unpaired) electrons. The fourth-order valence-corrected chi connectivity index (χ4v) is 1.87. The van der Waals surface area contributed by atoms with Crippen LogP contribution in [0.5, 0.6) is 5.75 Å². The summed E-state index contributed by atoms with van der Waals surface area (Å²) in [5, 5.41) is 12.0. The molecule has 0 aliphatic rings. The Hall–Kier alpha value is -2.33. The van der Waals surface area contributed by atoms with Gasteiger partial charge in [0.2, 0.25) is 0 Å². The van der Waals surface area contributed by atoms with E-state index in [1.807, 2.05) is 36.4 Å². The van der Waals surface area contributed by atoms with Gasteiger partial charge in [-0.15, -0.1) is 0 Å². The van der Waals surface area contributed by atoms with Crippen LogP contribution in [0, 0.1) is 0 Å². The zero-order chi connectivity index (χ0) is 14.2. The second-order valence-corrected chi connectivity index (χ2v) is 4.38. The molecule has 0 spiro atoms. The minimum Gasteiger partial charge on any atom is -0.482 e. The van der Waals surface area contributed by atoms with Gasteiger partial charge < -0.3 is 15.2 Å². The van der Waals surface area contributed by atoms with Crippen molar-refractivity contribution in [2.24, 2.45) is 0 Å². The van der Waals surface area contributed by atoms with Crippen LogP contribution in [0.15, 0.2) is 54.6 Å². The summed E-state index contributed by atoms with van der Waals surface area (Å²) in [5.41, 5.74) is 2.15. The lowest BCUT2D eigenvalue weighted by Gasteiger charge is -2.11. The average Bonchev–Trinajstić information content (AvgIpc) is 2.47. The molecular formula is C16H17NO3. The molecule has 0 saturated heterocycles. The third-order valence-electron chi connectivity index (χ3n) is 2.81. The number of benzene rings is 2. The maximum Gasteiger partial charge on any atom is 0.341 e. The molecule has 104 valence electrons. The monoisotopic (exact) mass is 271 g/mol. The maximum atomic E-state index is 10.5. The summed E-state index contributed by atoms with van der Waals surface area (Å²) in [7, 11) is 0. The highest BCUT2D eigenvalue weighted by atomic mass is 16.5. The van der Waals surface area contributed by atoms with E-state index in [1.54, 1.807) is 6.07 Å². The number of hydrogen-bond acceptors (Lipinski definition) is 3. The van der Waals surface area contributed by atoms with Crippen molar-refractivity contribution in [1.29, 1.82) is 0 Å². The first-order chi connectivity index (χ1) is 9.75. The number of carboxylic acids is 1. The molecule has 0 aliphatic heterocycles. The summed E-state index contributed by atoms with van der Waals surface area (Å²) in [6, 6.07) is 17.5. The Kier molecular flexibility index (Phi) is 5.15. The molecular weight excluding hydrogens is 254 g/mol. The molecule has 0 amide bonds. The number of hydrogen-bond donors (Lipinski definition) is 2.